The minimum Gasteiger partial charge on any atom is -0.381 e. The van der Waals surface area contributed by atoms with Crippen molar-refractivity contribution < 1.29 is 9.53 Å². The predicted molar refractivity (Wildman–Crippen MR) is 73.9 cm³/mol. The van der Waals surface area contributed by atoms with E-state index in [1.54, 1.807) is 13.1 Å². The number of hydrogen-bond acceptors (Lipinski definition) is 6. The normalized spacial score (nSPS) is 16.2. The maximum atomic E-state index is 12.0. The lowest BCUT2D eigenvalue weighted by Gasteiger charge is -2.22. The van der Waals surface area contributed by atoms with Crippen LogP contribution < -0.4 is 5.32 Å². The van der Waals surface area contributed by atoms with Crippen LogP contribution >= 0.6 is 11.5 Å². The molecule has 1 fully saturated rings. The van der Waals surface area contributed by atoms with Crippen LogP contribution in [-0.2, 0) is 4.74 Å². The van der Waals surface area contributed by atoms with Gasteiger partial charge in [-0.15, -0.1) is 5.10 Å². The zero-order valence-corrected chi connectivity index (χ0v) is 11.9. The van der Waals surface area contributed by atoms with Crippen LogP contribution in [0.25, 0.3) is 0 Å². The average molecular weight is 293 g/mol. The van der Waals surface area contributed by atoms with Crippen molar-refractivity contribution in [3.8, 4) is 0 Å². The third kappa shape index (κ3) is 2.70. The molecular formula is C12H15N5O2S. The number of aromatic nitrogens is 4. The van der Waals surface area contributed by atoms with Gasteiger partial charge < -0.3 is 10.1 Å². The van der Waals surface area contributed by atoms with Crippen LogP contribution in [0.4, 0.5) is 5.69 Å². The fourth-order valence-electron chi connectivity index (χ4n) is 2.18. The van der Waals surface area contributed by atoms with Gasteiger partial charge in [0.25, 0.3) is 5.91 Å². The fraction of sp³-hybridized carbons (Fsp3) is 0.500. The summed E-state index contributed by atoms with van der Waals surface area (Å²) in [6, 6.07) is 0.348. The summed E-state index contributed by atoms with van der Waals surface area (Å²) in [6.07, 6.45) is 5.43. The van der Waals surface area contributed by atoms with Gasteiger partial charge in [-0.1, -0.05) is 4.49 Å². The van der Waals surface area contributed by atoms with Gasteiger partial charge in [-0.05, 0) is 31.3 Å². The molecule has 0 saturated carbocycles. The van der Waals surface area contributed by atoms with Crippen LogP contribution in [0.3, 0.4) is 0 Å². The van der Waals surface area contributed by atoms with Gasteiger partial charge in [0.15, 0.2) is 0 Å². The predicted octanol–water partition coefficient (Wildman–Crippen LogP) is 1.65. The molecule has 106 valence electrons. The molecule has 0 aliphatic carbocycles. The fourth-order valence-corrected chi connectivity index (χ4v) is 2.73. The summed E-state index contributed by atoms with van der Waals surface area (Å²) in [7, 11) is 0. The molecule has 1 saturated heterocycles. The molecule has 0 aromatic carbocycles. The molecule has 7 nitrogen and oxygen atoms in total. The molecule has 0 spiro atoms. The Morgan fingerprint density at radius 1 is 1.50 bits per heavy atom. The minimum atomic E-state index is -0.191. The zero-order chi connectivity index (χ0) is 13.9. The van der Waals surface area contributed by atoms with Gasteiger partial charge in [-0.2, -0.15) is 5.10 Å². The van der Waals surface area contributed by atoms with Crippen molar-refractivity contribution in [2.75, 3.05) is 18.5 Å². The van der Waals surface area contributed by atoms with E-state index in [-0.39, 0.29) is 5.91 Å². The van der Waals surface area contributed by atoms with Gasteiger partial charge in [0.2, 0.25) is 0 Å². The van der Waals surface area contributed by atoms with Crippen molar-refractivity contribution in [1.29, 1.82) is 0 Å². The number of amides is 1. The molecule has 2 aromatic rings. The van der Waals surface area contributed by atoms with E-state index in [1.165, 1.54) is 0 Å². The zero-order valence-electron chi connectivity index (χ0n) is 11.1. The van der Waals surface area contributed by atoms with E-state index >= 15 is 0 Å². The molecule has 0 radical (unpaired) electrons. The molecular weight excluding hydrogens is 278 g/mol. The summed E-state index contributed by atoms with van der Waals surface area (Å²) < 4.78 is 11.0. The average Bonchev–Trinajstić information content (AvgIpc) is 3.09. The third-order valence-electron chi connectivity index (χ3n) is 3.28. The van der Waals surface area contributed by atoms with Crippen LogP contribution in [0, 0.1) is 6.92 Å². The first-order chi connectivity index (χ1) is 9.74. The van der Waals surface area contributed by atoms with Crippen LogP contribution in [0.5, 0.6) is 0 Å². The van der Waals surface area contributed by atoms with Crippen molar-refractivity contribution >= 4 is 23.1 Å². The smallest absolute Gasteiger partial charge is 0.269 e. The summed E-state index contributed by atoms with van der Waals surface area (Å²) in [5.74, 6) is -0.191. The van der Waals surface area contributed by atoms with Gasteiger partial charge >= 0.3 is 0 Å². The number of carbonyl (C=O) groups excluding carboxylic acids is 1. The van der Waals surface area contributed by atoms with Gasteiger partial charge in [0.05, 0.1) is 23.6 Å². The maximum absolute atomic E-state index is 12.0. The summed E-state index contributed by atoms with van der Waals surface area (Å²) >= 11 is 1.09. The number of hydrogen-bond donors (Lipinski definition) is 1. The van der Waals surface area contributed by atoms with Gasteiger partial charge in [-0.3, -0.25) is 9.48 Å². The Labute approximate surface area is 120 Å². The van der Waals surface area contributed by atoms with E-state index in [2.05, 4.69) is 20.0 Å². The Morgan fingerprint density at radius 2 is 2.30 bits per heavy atom. The van der Waals surface area contributed by atoms with E-state index in [1.807, 2.05) is 10.9 Å². The second-order valence-electron chi connectivity index (χ2n) is 4.69. The van der Waals surface area contributed by atoms with E-state index in [0.717, 1.165) is 37.6 Å². The molecule has 20 heavy (non-hydrogen) atoms. The van der Waals surface area contributed by atoms with Crippen LogP contribution in [0.2, 0.25) is 0 Å². The van der Waals surface area contributed by atoms with Crippen molar-refractivity contribution in [2.45, 2.75) is 25.8 Å². The van der Waals surface area contributed by atoms with Gasteiger partial charge in [-0.25, -0.2) is 0 Å². The Balaban J connectivity index is 1.68. The summed E-state index contributed by atoms with van der Waals surface area (Å²) in [6.45, 7) is 3.29. The number of rotatable bonds is 3. The SMILES string of the molecule is Cc1nnsc1C(=O)Nc1cnn(C2CCOCC2)c1. The number of ether oxygens (including phenoxy) is 1. The maximum Gasteiger partial charge on any atom is 0.269 e. The first-order valence-corrected chi connectivity index (χ1v) is 7.23. The quantitative estimate of drug-likeness (QED) is 0.930. The minimum absolute atomic E-state index is 0.191. The van der Waals surface area contributed by atoms with Gasteiger partial charge in [0, 0.05) is 19.4 Å². The molecule has 1 aliphatic heterocycles. The molecule has 1 aliphatic rings. The molecule has 0 bridgehead atoms. The number of nitrogens with one attached hydrogen (secondary N) is 1. The molecule has 2 aromatic heterocycles. The Hall–Kier alpha value is -1.80. The van der Waals surface area contributed by atoms with E-state index in [9.17, 15) is 4.79 Å². The molecule has 8 heteroatoms. The number of carbonyl (C=O) groups is 1. The van der Waals surface area contributed by atoms with E-state index in [4.69, 9.17) is 4.74 Å². The molecule has 0 atom stereocenters. The number of nitrogens with zero attached hydrogens (tertiary/aromatic N) is 4. The van der Waals surface area contributed by atoms with Crippen LogP contribution in [0.1, 0.15) is 34.2 Å². The Kier molecular flexibility index (Phi) is 3.75. The lowest BCUT2D eigenvalue weighted by Crippen LogP contribution is -2.19. The second kappa shape index (κ2) is 5.68. The Bertz CT molecular complexity index is 603. The van der Waals surface area contributed by atoms with Crippen molar-refractivity contribution in [2.24, 2.45) is 0 Å². The first-order valence-electron chi connectivity index (χ1n) is 6.46. The molecule has 3 heterocycles. The number of anilines is 1. The van der Waals surface area contributed by atoms with Gasteiger partial charge in [0.1, 0.15) is 4.88 Å². The summed E-state index contributed by atoms with van der Waals surface area (Å²) in [5.41, 5.74) is 1.33. The van der Waals surface area contributed by atoms with Crippen molar-refractivity contribution in [1.82, 2.24) is 19.4 Å². The largest absolute Gasteiger partial charge is 0.381 e. The highest BCUT2D eigenvalue weighted by molar-refractivity contribution is 7.08. The third-order valence-corrected chi connectivity index (χ3v) is 4.11. The topological polar surface area (TPSA) is 81.9 Å². The highest BCUT2D eigenvalue weighted by Crippen LogP contribution is 2.22. The second-order valence-corrected chi connectivity index (χ2v) is 5.45. The molecule has 0 unspecified atom stereocenters. The first kappa shape index (κ1) is 13.2. The van der Waals surface area contributed by atoms with Crippen molar-refractivity contribution in [3.05, 3.63) is 23.0 Å². The number of aryl methyl sites for hydroxylation is 1. The monoisotopic (exact) mass is 293 g/mol. The molecule has 1 N–H and O–H groups in total. The molecule has 1 amide bonds. The van der Waals surface area contributed by atoms with Crippen LogP contribution in [0.15, 0.2) is 12.4 Å². The lowest BCUT2D eigenvalue weighted by atomic mass is 10.1. The van der Waals surface area contributed by atoms with Crippen LogP contribution in [-0.4, -0.2) is 38.5 Å². The highest BCUT2D eigenvalue weighted by Gasteiger charge is 2.18. The van der Waals surface area contributed by atoms with E-state index in [0.29, 0.717) is 22.3 Å². The highest BCUT2D eigenvalue weighted by atomic mass is 32.1. The standard InChI is InChI=1S/C12H15N5O2S/c1-8-11(20-16-15-8)12(18)14-9-6-13-17(7-9)10-2-4-19-5-3-10/h6-7,10H,2-5H2,1H3,(H,14,18). The Morgan fingerprint density at radius 3 is 3.00 bits per heavy atom. The van der Waals surface area contributed by atoms with E-state index < -0.39 is 0 Å². The molecule has 3 rings (SSSR count). The lowest BCUT2D eigenvalue weighted by molar-refractivity contribution is 0.0662. The summed E-state index contributed by atoms with van der Waals surface area (Å²) in [4.78, 5) is 12.6. The summed E-state index contributed by atoms with van der Waals surface area (Å²) in [5, 5.41) is 11.0. The van der Waals surface area contributed by atoms with Crippen molar-refractivity contribution in [3.63, 3.8) is 0 Å².